The summed E-state index contributed by atoms with van der Waals surface area (Å²) in [7, 11) is 3.23. The highest BCUT2D eigenvalue weighted by atomic mass is 32.1. The lowest BCUT2D eigenvalue weighted by molar-refractivity contribution is -0.134. The molecule has 0 unspecified atom stereocenters. The van der Waals surface area contributed by atoms with Crippen LogP contribution in [-0.2, 0) is 17.9 Å². The third-order valence-electron chi connectivity index (χ3n) is 7.27. The summed E-state index contributed by atoms with van der Waals surface area (Å²) in [5.74, 6) is 1.06. The van der Waals surface area contributed by atoms with Crippen molar-refractivity contribution in [2.24, 2.45) is 0 Å². The summed E-state index contributed by atoms with van der Waals surface area (Å²) in [5, 5.41) is 6.08. The van der Waals surface area contributed by atoms with Crippen LogP contribution in [0.25, 0.3) is 10.9 Å². The van der Waals surface area contributed by atoms with Gasteiger partial charge in [-0.15, -0.1) is 11.3 Å². The lowest BCUT2D eigenvalue weighted by Gasteiger charge is -2.44. The Balaban J connectivity index is 1.61. The summed E-state index contributed by atoms with van der Waals surface area (Å²) in [6, 6.07) is 9.69. The lowest BCUT2D eigenvalue weighted by Crippen LogP contribution is -2.64. The van der Waals surface area contributed by atoms with E-state index in [1.165, 1.54) is 6.42 Å². The second-order valence-corrected chi connectivity index (χ2v) is 10.4. The van der Waals surface area contributed by atoms with Crippen molar-refractivity contribution in [2.45, 2.75) is 63.7 Å². The number of rotatable bonds is 6. The van der Waals surface area contributed by atoms with Gasteiger partial charge in [-0.25, -0.2) is 0 Å². The first-order chi connectivity index (χ1) is 16.5. The van der Waals surface area contributed by atoms with Crippen LogP contribution in [0.3, 0.4) is 0 Å². The maximum Gasteiger partial charge on any atom is 0.271 e. The molecule has 1 aliphatic heterocycles. The van der Waals surface area contributed by atoms with E-state index >= 15 is 0 Å². The first-order valence-corrected chi connectivity index (χ1v) is 12.7. The molecule has 3 aromatic rings. The van der Waals surface area contributed by atoms with Crippen LogP contribution in [0.15, 0.2) is 35.7 Å². The van der Waals surface area contributed by atoms with Crippen LogP contribution in [0, 0.1) is 0 Å². The predicted molar refractivity (Wildman–Crippen MR) is 133 cm³/mol. The van der Waals surface area contributed by atoms with E-state index in [1.54, 1.807) is 30.5 Å². The van der Waals surface area contributed by atoms with Crippen molar-refractivity contribution in [1.29, 1.82) is 0 Å². The zero-order chi connectivity index (χ0) is 23.9. The Morgan fingerprint density at radius 1 is 1.15 bits per heavy atom. The van der Waals surface area contributed by atoms with Gasteiger partial charge in [-0.1, -0.05) is 25.3 Å². The first kappa shape index (κ1) is 22.8. The van der Waals surface area contributed by atoms with Gasteiger partial charge in [-0.3, -0.25) is 9.59 Å². The quantitative estimate of drug-likeness (QED) is 0.559. The number of fused-ring (bicyclic) bond motifs is 3. The van der Waals surface area contributed by atoms with Gasteiger partial charge in [-0.05, 0) is 49.4 Å². The van der Waals surface area contributed by atoms with Gasteiger partial charge in [-0.2, -0.15) is 0 Å². The van der Waals surface area contributed by atoms with E-state index < -0.39 is 5.54 Å². The third kappa shape index (κ3) is 3.74. The molecule has 1 aliphatic carbocycles. The maximum absolute atomic E-state index is 14.0. The minimum absolute atomic E-state index is 0.0985. The van der Waals surface area contributed by atoms with Crippen LogP contribution in [-0.4, -0.2) is 47.1 Å². The molecule has 0 radical (unpaired) electrons. The summed E-state index contributed by atoms with van der Waals surface area (Å²) in [6.07, 6.45) is 5.45. The first-order valence-electron chi connectivity index (χ1n) is 11.9. The van der Waals surface area contributed by atoms with E-state index in [9.17, 15) is 9.59 Å². The molecular weight excluding hydrogens is 450 g/mol. The molecule has 2 amide bonds. The van der Waals surface area contributed by atoms with Gasteiger partial charge in [0.2, 0.25) is 5.91 Å². The largest absolute Gasteiger partial charge is 0.496 e. The lowest BCUT2D eigenvalue weighted by atomic mass is 9.91. The molecular formula is C26H31N3O4S. The molecule has 7 nitrogen and oxygen atoms in total. The van der Waals surface area contributed by atoms with Gasteiger partial charge in [0.05, 0.1) is 32.8 Å². The summed E-state index contributed by atoms with van der Waals surface area (Å²) in [5.41, 5.74) is 0.265. The minimum atomic E-state index is -1.05. The average molecular weight is 482 g/mol. The maximum atomic E-state index is 14.0. The number of nitrogens with zero attached hydrogens (tertiary/aromatic N) is 2. The van der Waals surface area contributed by atoms with Gasteiger partial charge < -0.3 is 24.3 Å². The third-order valence-corrected chi connectivity index (χ3v) is 8.13. The molecule has 1 atom stereocenters. The minimum Gasteiger partial charge on any atom is -0.496 e. The van der Waals surface area contributed by atoms with E-state index in [-0.39, 0.29) is 17.9 Å². The normalized spacial score (nSPS) is 20.9. The van der Waals surface area contributed by atoms with Crippen molar-refractivity contribution < 1.29 is 19.1 Å². The zero-order valence-corrected chi connectivity index (χ0v) is 20.7. The number of ether oxygens (including phenoxy) is 2. The molecule has 3 heterocycles. The van der Waals surface area contributed by atoms with E-state index in [1.807, 2.05) is 47.2 Å². The number of thiophene rings is 1. The summed E-state index contributed by atoms with van der Waals surface area (Å²) >= 11 is 1.59. The van der Waals surface area contributed by atoms with Crippen LogP contribution in [0.1, 0.15) is 54.4 Å². The monoisotopic (exact) mass is 481 g/mol. The van der Waals surface area contributed by atoms with Crippen molar-refractivity contribution >= 4 is 34.1 Å². The SMILES string of the molecule is COc1ccc(OC)c2c1cc1n2C[C@](C)(C(=O)NC2CCCCC2)N(Cc2cccs2)C1=O. The Hall–Kier alpha value is -3.00. The Bertz CT molecular complexity index is 1210. The van der Waals surface area contributed by atoms with Gasteiger partial charge >= 0.3 is 0 Å². The van der Waals surface area contributed by atoms with Gasteiger partial charge in [0.15, 0.2) is 0 Å². The van der Waals surface area contributed by atoms with Crippen LogP contribution in [0.4, 0.5) is 0 Å². The van der Waals surface area contributed by atoms with E-state index in [2.05, 4.69) is 5.32 Å². The van der Waals surface area contributed by atoms with E-state index in [0.717, 1.165) is 41.5 Å². The summed E-state index contributed by atoms with van der Waals surface area (Å²) < 4.78 is 13.2. The van der Waals surface area contributed by atoms with Crippen molar-refractivity contribution in [1.82, 2.24) is 14.8 Å². The fourth-order valence-corrected chi connectivity index (χ4v) is 6.04. The molecule has 1 N–H and O–H groups in total. The number of nitrogens with one attached hydrogen (secondary N) is 1. The molecule has 180 valence electrons. The topological polar surface area (TPSA) is 72.8 Å². The van der Waals surface area contributed by atoms with Gasteiger partial charge in [0.1, 0.15) is 22.7 Å². The fraction of sp³-hybridized carbons (Fsp3) is 0.462. The van der Waals surface area contributed by atoms with Crippen molar-refractivity contribution in [2.75, 3.05) is 14.2 Å². The number of aromatic nitrogens is 1. The van der Waals surface area contributed by atoms with E-state index in [0.29, 0.717) is 30.3 Å². The summed E-state index contributed by atoms with van der Waals surface area (Å²) in [4.78, 5) is 30.6. The average Bonchev–Trinajstić information content (AvgIpc) is 3.50. The second-order valence-electron chi connectivity index (χ2n) is 9.40. The molecule has 2 aromatic heterocycles. The number of hydrogen-bond acceptors (Lipinski definition) is 5. The Kier molecular flexibility index (Phi) is 6.02. The Morgan fingerprint density at radius 3 is 2.56 bits per heavy atom. The number of amides is 2. The predicted octanol–water partition coefficient (Wildman–Crippen LogP) is 4.58. The van der Waals surface area contributed by atoms with Gasteiger partial charge in [0.25, 0.3) is 5.91 Å². The molecule has 0 saturated heterocycles. The van der Waals surface area contributed by atoms with Crippen LogP contribution in [0.5, 0.6) is 11.5 Å². The molecule has 5 rings (SSSR count). The molecule has 1 saturated carbocycles. The highest BCUT2D eigenvalue weighted by molar-refractivity contribution is 7.09. The van der Waals surface area contributed by atoms with Crippen LogP contribution >= 0.6 is 11.3 Å². The number of benzene rings is 1. The molecule has 8 heteroatoms. The number of carbonyl (C=O) groups is 2. The summed E-state index contributed by atoms with van der Waals surface area (Å²) in [6.45, 7) is 2.62. The number of methoxy groups -OCH3 is 2. The molecule has 0 bridgehead atoms. The standard InChI is InChI=1S/C26H31N3O4S/c1-26(25(31)27-17-8-5-4-6-9-17)16-28-20(24(30)29(26)15-18-10-7-13-34-18)14-19-21(32-2)11-12-22(33-3)23(19)28/h7,10-14,17H,4-6,8-9,15-16H2,1-3H3,(H,27,31)/t26-/m1/s1. The van der Waals surface area contributed by atoms with Gasteiger partial charge in [0, 0.05) is 16.3 Å². The molecule has 1 fully saturated rings. The molecule has 34 heavy (non-hydrogen) atoms. The van der Waals surface area contributed by atoms with Crippen LogP contribution < -0.4 is 14.8 Å². The van der Waals surface area contributed by atoms with Crippen molar-refractivity contribution in [3.63, 3.8) is 0 Å². The van der Waals surface area contributed by atoms with Crippen molar-refractivity contribution in [3.05, 3.63) is 46.3 Å². The second kappa shape index (κ2) is 8.98. The Labute approximate surface area is 203 Å². The Morgan fingerprint density at radius 2 is 1.88 bits per heavy atom. The highest BCUT2D eigenvalue weighted by Crippen LogP contribution is 2.40. The van der Waals surface area contributed by atoms with Crippen LogP contribution in [0.2, 0.25) is 0 Å². The molecule has 1 aromatic carbocycles. The molecule has 2 aliphatic rings. The fourth-order valence-electron chi connectivity index (χ4n) is 5.35. The number of carbonyl (C=O) groups excluding carboxylic acids is 2. The van der Waals surface area contributed by atoms with Crippen molar-refractivity contribution in [3.8, 4) is 11.5 Å². The highest BCUT2D eigenvalue weighted by Gasteiger charge is 2.48. The zero-order valence-electron chi connectivity index (χ0n) is 19.9. The molecule has 0 spiro atoms. The van der Waals surface area contributed by atoms with E-state index in [4.69, 9.17) is 9.47 Å². The smallest absolute Gasteiger partial charge is 0.271 e. The number of hydrogen-bond donors (Lipinski definition) is 1.